The summed E-state index contributed by atoms with van der Waals surface area (Å²) in [4.78, 5) is 13.8. The van der Waals surface area contributed by atoms with Gasteiger partial charge in [0.2, 0.25) is 0 Å². The highest BCUT2D eigenvalue weighted by Crippen LogP contribution is 2.40. The highest BCUT2D eigenvalue weighted by atomic mass is 16.5. The van der Waals surface area contributed by atoms with Crippen molar-refractivity contribution in [3.8, 4) is 11.8 Å². The van der Waals surface area contributed by atoms with E-state index in [4.69, 9.17) is 9.84 Å². The summed E-state index contributed by atoms with van der Waals surface area (Å²) < 4.78 is 4.91. The fraction of sp³-hybridized carbons (Fsp3) is 0.550. The summed E-state index contributed by atoms with van der Waals surface area (Å²) in [6.07, 6.45) is 4.24. The molecule has 1 amide bonds. The second-order valence-electron chi connectivity index (χ2n) is 6.36. The Bertz CT molecular complexity index is 617. The smallest absolute Gasteiger partial charge is 0.409 e. The molecular formula is C20H27NO3. The van der Waals surface area contributed by atoms with E-state index in [-0.39, 0.29) is 6.09 Å². The van der Waals surface area contributed by atoms with Gasteiger partial charge in [-0.3, -0.25) is 0 Å². The van der Waals surface area contributed by atoms with Crippen LogP contribution in [0.2, 0.25) is 0 Å². The quantitative estimate of drug-likeness (QED) is 0.744. The molecular weight excluding hydrogens is 302 g/mol. The molecule has 0 radical (unpaired) electrons. The highest BCUT2D eigenvalue weighted by Gasteiger charge is 2.43. The third-order valence-electron chi connectivity index (χ3n) is 4.96. The Hall–Kier alpha value is -1.99. The maximum Gasteiger partial charge on any atom is 0.409 e. The monoisotopic (exact) mass is 329 g/mol. The molecule has 4 heteroatoms. The summed E-state index contributed by atoms with van der Waals surface area (Å²) in [7, 11) is 2.47. The predicted molar refractivity (Wildman–Crippen MR) is 94.5 cm³/mol. The van der Waals surface area contributed by atoms with Gasteiger partial charge < -0.3 is 14.7 Å². The Morgan fingerprint density at radius 2 is 2.08 bits per heavy atom. The minimum Gasteiger partial charge on any atom is -0.453 e. The first kappa shape index (κ1) is 18.4. The molecule has 1 aromatic carbocycles. The fourth-order valence-electron chi connectivity index (χ4n) is 3.90. The molecule has 4 nitrogen and oxygen atoms in total. The van der Waals surface area contributed by atoms with E-state index >= 15 is 0 Å². The number of fused-ring (bicyclic) bond motifs is 1. The summed E-state index contributed by atoms with van der Waals surface area (Å²) in [5, 5.41) is 7.00. The van der Waals surface area contributed by atoms with Crippen molar-refractivity contribution in [2.75, 3.05) is 20.8 Å². The first-order valence-corrected chi connectivity index (χ1v) is 8.56. The van der Waals surface area contributed by atoms with Crippen LogP contribution in [0, 0.1) is 30.6 Å². The average Bonchev–Trinajstić information content (AvgIpc) is 3.06. The molecule has 130 valence electrons. The van der Waals surface area contributed by atoms with Gasteiger partial charge >= 0.3 is 6.09 Å². The van der Waals surface area contributed by atoms with E-state index in [1.807, 2.05) is 4.90 Å². The average molecular weight is 329 g/mol. The molecule has 1 aliphatic heterocycles. The van der Waals surface area contributed by atoms with E-state index in [0.29, 0.717) is 17.9 Å². The Labute approximate surface area is 144 Å². The lowest BCUT2D eigenvalue weighted by Crippen LogP contribution is -2.41. The maximum absolute atomic E-state index is 11.9. The van der Waals surface area contributed by atoms with Crippen LogP contribution in [0.15, 0.2) is 24.3 Å². The van der Waals surface area contributed by atoms with E-state index < -0.39 is 0 Å². The zero-order chi connectivity index (χ0) is 17.5. The molecule has 3 unspecified atom stereocenters. The van der Waals surface area contributed by atoms with E-state index in [1.165, 1.54) is 12.7 Å². The number of aliphatic hydroxyl groups is 1. The number of aryl methyl sites for hydroxylation is 1. The molecule has 3 atom stereocenters. The van der Waals surface area contributed by atoms with Gasteiger partial charge in [0.05, 0.1) is 7.11 Å². The molecule has 0 bridgehead atoms. The number of carbonyl (C=O) groups is 1. The van der Waals surface area contributed by atoms with Crippen molar-refractivity contribution < 1.29 is 14.6 Å². The number of hydrogen-bond donors (Lipinski definition) is 1. The standard InChI is InChI=1S/C19H23NO2.CH4O/c1-14-5-3-6-15(13-14)9-10-16-7-4-8-18-17(16)11-12-20(18)19(21)22-2;1-2/h3,5-6,13,16-18H,4,7-8,11-12H2,1-2H3;2H,1H3. The molecule has 2 aliphatic rings. The Morgan fingerprint density at radius 3 is 2.79 bits per heavy atom. The summed E-state index contributed by atoms with van der Waals surface area (Å²) in [6.45, 7) is 2.90. The Balaban J connectivity index is 0.00000100. The number of amides is 1. The van der Waals surface area contributed by atoms with Crippen molar-refractivity contribution in [3.05, 3.63) is 35.4 Å². The number of ether oxygens (including phenoxy) is 1. The Morgan fingerprint density at radius 1 is 1.29 bits per heavy atom. The maximum atomic E-state index is 11.9. The molecule has 3 rings (SSSR count). The summed E-state index contributed by atoms with van der Waals surface area (Å²) in [6, 6.07) is 8.65. The molecule has 1 aromatic rings. The lowest BCUT2D eigenvalue weighted by molar-refractivity contribution is 0.101. The highest BCUT2D eigenvalue weighted by molar-refractivity contribution is 5.68. The number of hydrogen-bond acceptors (Lipinski definition) is 3. The molecule has 24 heavy (non-hydrogen) atoms. The van der Waals surface area contributed by atoms with Crippen LogP contribution in [0.25, 0.3) is 0 Å². The van der Waals surface area contributed by atoms with Crippen molar-refractivity contribution in [3.63, 3.8) is 0 Å². The van der Waals surface area contributed by atoms with Crippen LogP contribution in [0.1, 0.15) is 36.8 Å². The van der Waals surface area contributed by atoms with Gasteiger partial charge in [0, 0.05) is 31.2 Å². The van der Waals surface area contributed by atoms with Crippen LogP contribution in [0.5, 0.6) is 0 Å². The van der Waals surface area contributed by atoms with Gasteiger partial charge in [0.1, 0.15) is 0 Å². The van der Waals surface area contributed by atoms with Crippen molar-refractivity contribution in [2.24, 2.45) is 11.8 Å². The molecule has 0 aromatic heterocycles. The number of aliphatic hydroxyl groups excluding tert-OH is 1. The summed E-state index contributed by atoms with van der Waals surface area (Å²) in [5.74, 6) is 7.73. The first-order chi connectivity index (χ1) is 11.7. The lowest BCUT2D eigenvalue weighted by atomic mass is 9.76. The number of nitrogens with zero attached hydrogens (tertiary/aromatic N) is 1. The molecule has 1 saturated carbocycles. The molecule has 0 spiro atoms. The van der Waals surface area contributed by atoms with E-state index in [1.54, 1.807) is 0 Å². The van der Waals surface area contributed by atoms with Crippen LogP contribution < -0.4 is 0 Å². The van der Waals surface area contributed by atoms with Gasteiger partial charge in [-0.05, 0) is 49.8 Å². The van der Waals surface area contributed by atoms with E-state index in [2.05, 4.69) is 43.0 Å². The number of rotatable bonds is 0. The van der Waals surface area contributed by atoms with Gasteiger partial charge in [0.25, 0.3) is 0 Å². The van der Waals surface area contributed by atoms with Gasteiger partial charge in [-0.15, -0.1) is 0 Å². The number of carbonyl (C=O) groups excluding carboxylic acids is 1. The fourth-order valence-corrected chi connectivity index (χ4v) is 3.90. The number of methoxy groups -OCH3 is 1. The topological polar surface area (TPSA) is 49.8 Å². The molecule has 1 saturated heterocycles. The van der Waals surface area contributed by atoms with Gasteiger partial charge in [0.15, 0.2) is 0 Å². The van der Waals surface area contributed by atoms with Crippen LogP contribution in [0.3, 0.4) is 0 Å². The molecule has 1 heterocycles. The predicted octanol–water partition coefficient (Wildman–Crippen LogP) is 3.21. The normalized spacial score (nSPS) is 24.8. The minimum atomic E-state index is -0.181. The largest absolute Gasteiger partial charge is 0.453 e. The zero-order valence-electron chi connectivity index (χ0n) is 14.8. The minimum absolute atomic E-state index is 0.181. The molecule has 2 fully saturated rings. The Kier molecular flexibility index (Phi) is 6.69. The SMILES string of the molecule is CO.COC(=O)N1CCC2C(C#Cc3cccc(C)c3)CCCC21. The number of likely N-dealkylation sites (tertiary alicyclic amines) is 1. The molecule has 1 N–H and O–H groups in total. The number of benzene rings is 1. The summed E-state index contributed by atoms with van der Waals surface area (Å²) in [5.41, 5.74) is 2.33. The van der Waals surface area contributed by atoms with Gasteiger partial charge in [-0.1, -0.05) is 30.4 Å². The third-order valence-corrected chi connectivity index (χ3v) is 4.96. The van der Waals surface area contributed by atoms with Crippen molar-refractivity contribution in [1.82, 2.24) is 4.90 Å². The van der Waals surface area contributed by atoms with Crippen LogP contribution >= 0.6 is 0 Å². The van der Waals surface area contributed by atoms with E-state index in [0.717, 1.165) is 44.9 Å². The molecule has 1 aliphatic carbocycles. The first-order valence-electron chi connectivity index (χ1n) is 8.56. The van der Waals surface area contributed by atoms with Crippen molar-refractivity contribution in [1.29, 1.82) is 0 Å². The second-order valence-corrected chi connectivity index (χ2v) is 6.36. The zero-order valence-corrected chi connectivity index (χ0v) is 14.8. The van der Waals surface area contributed by atoms with Gasteiger partial charge in [-0.25, -0.2) is 4.79 Å². The van der Waals surface area contributed by atoms with Crippen LogP contribution in [0.4, 0.5) is 4.79 Å². The lowest BCUT2D eigenvalue weighted by Gasteiger charge is -2.34. The van der Waals surface area contributed by atoms with Crippen LogP contribution in [-0.2, 0) is 4.74 Å². The third kappa shape index (κ3) is 4.10. The second kappa shape index (κ2) is 8.75. The van der Waals surface area contributed by atoms with Crippen molar-refractivity contribution >= 4 is 6.09 Å². The van der Waals surface area contributed by atoms with E-state index in [9.17, 15) is 4.79 Å². The summed E-state index contributed by atoms with van der Waals surface area (Å²) >= 11 is 0. The van der Waals surface area contributed by atoms with Crippen molar-refractivity contribution in [2.45, 2.75) is 38.6 Å². The van der Waals surface area contributed by atoms with Crippen LogP contribution in [-0.4, -0.2) is 42.9 Å². The van der Waals surface area contributed by atoms with Gasteiger partial charge in [-0.2, -0.15) is 0 Å².